The van der Waals surface area contributed by atoms with Gasteiger partial charge in [-0.05, 0) is 43.4 Å². The van der Waals surface area contributed by atoms with Crippen molar-refractivity contribution in [3.8, 4) is 5.75 Å². The fraction of sp³-hybridized carbons (Fsp3) is 0.667. The number of halogens is 2. The predicted octanol–water partition coefficient (Wildman–Crippen LogP) is 3.30. The fourth-order valence-electron chi connectivity index (χ4n) is 3.73. The average molecular weight is 377 g/mol. The Morgan fingerprint density at radius 1 is 1.21 bits per heavy atom. The zero-order chi connectivity index (χ0) is 15.2. The summed E-state index contributed by atoms with van der Waals surface area (Å²) in [5, 5.41) is 3.46. The average Bonchev–Trinajstić information content (AvgIpc) is 2.58. The summed E-state index contributed by atoms with van der Waals surface area (Å²) in [6, 6.07) is 9.20. The summed E-state index contributed by atoms with van der Waals surface area (Å²) in [5.74, 6) is 1.68. The molecule has 2 heterocycles. The van der Waals surface area contributed by atoms with Gasteiger partial charge in [0.15, 0.2) is 0 Å². The molecule has 0 radical (unpaired) electrons. The molecule has 0 spiro atoms. The first-order chi connectivity index (χ1) is 10.9. The number of rotatable bonds is 5. The van der Waals surface area contributed by atoms with Crippen LogP contribution in [-0.2, 0) is 4.74 Å². The molecule has 3 rings (SSSR count). The molecular formula is C18H30Cl2N2O2. The lowest BCUT2D eigenvalue weighted by atomic mass is 9.85. The van der Waals surface area contributed by atoms with Gasteiger partial charge in [-0.2, -0.15) is 0 Å². The Kier molecular flexibility index (Phi) is 10.0. The number of hydrogen-bond acceptors (Lipinski definition) is 4. The second kappa shape index (κ2) is 11.2. The van der Waals surface area contributed by atoms with Gasteiger partial charge in [-0.1, -0.05) is 12.1 Å². The summed E-state index contributed by atoms with van der Waals surface area (Å²) in [6.07, 6.45) is 2.32. The van der Waals surface area contributed by atoms with E-state index in [4.69, 9.17) is 9.47 Å². The lowest BCUT2D eigenvalue weighted by Crippen LogP contribution is -2.47. The standard InChI is InChI=1S/C18H28N2O2.2ClH/c1-2-22-17-5-3-4-16(14-17)18(15-6-12-21-13-7-15)20-10-8-19-9-11-20;;/h3-5,14-15,18-19H,2,6-13H2,1H3;2*1H/t18-;;/m0../s1. The van der Waals surface area contributed by atoms with Gasteiger partial charge in [0.25, 0.3) is 0 Å². The highest BCUT2D eigenvalue weighted by Crippen LogP contribution is 2.36. The van der Waals surface area contributed by atoms with E-state index >= 15 is 0 Å². The Hall–Kier alpha value is -0.520. The van der Waals surface area contributed by atoms with Gasteiger partial charge in [0, 0.05) is 45.4 Å². The van der Waals surface area contributed by atoms with Crippen LogP contribution in [0.1, 0.15) is 31.4 Å². The van der Waals surface area contributed by atoms with E-state index in [1.807, 2.05) is 6.92 Å². The van der Waals surface area contributed by atoms with Crippen LogP contribution in [0.15, 0.2) is 24.3 Å². The van der Waals surface area contributed by atoms with E-state index in [0.717, 1.165) is 64.6 Å². The molecule has 0 aromatic heterocycles. The van der Waals surface area contributed by atoms with Crippen LogP contribution >= 0.6 is 24.8 Å². The molecule has 2 aliphatic rings. The summed E-state index contributed by atoms with van der Waals surface area (Å²) in [5.41, 5.74) is 1.40. The van der Waals surface area contributed by atoms with Crippen LogP contribution in [0.25, 0.3) is 0 Å². The van der Waals surface area contributed by atoms with Crippen LogP contribution in [-0.4, -0.2) is 50.9 Å². The monoisotopic (exact) mass is 376 g/mol. The van der Waals surface area contributed by atoms with Crippen molar-refractivity contribution in [1.82, 2.24) is 10.2 Å². The Balaban J connectivity index is 0.00000144. The molecule has 1 aromatic rings. The molecule has 0 saturated carbocycles. The van der Waals surface area contributed by atoms with Crippen molar-refractivity contribution >= 4 is 24.8 Å². The maximum absolute atomic E-state index is 5.72. The summed E-state index contributed by atoms with van der Waals surface area (Å²) in [6.45, 7) is 8.99. The van der Waals surface area contributed by atoms with E-state index in [1.165, 1.54) is 5.56 Å². The molecule has 2 aliphatic heterocycles. The molecule has 138 valence electrons. The first-order valence-electron chi connectivity index (χ1n) is 8.63. The normalized spacial score (nSPS) is 20.5. The highest BCUT2D eigenvalue weighted by Gasteiger charge is 2.31. The molecule has 1 N–H and O–H groups in total. The highest BCUT2D eigenvalue weighted by atomic mass is 35.5. The molecule has 0 amide bonds. The highest BCUT2D eigenvalue weighted by molar-refractivity contribution is 5.85. The number of piperazine rings is 1. The minimum Gasteiger partial charge on any atom is -0.494 e. The summed E-state index contributed by atoms with van der Waals surface area (Å²) in [7, 11) is 0. The molecule has 6 heteroatoms. The Labute approximate surface area is 158 Å². The van der Waals surface area contributed by atoms with E-state index in [-0.39, 0.29) is 24.8 Å². The van der Waals surface area contributed by atoms with E-state index in [2.05, 4.69) is 34.5 Å². The van der Waals surface area contributed by atoms with Crippen LogP contribution in [0.2, 0.25) is 0 Å². The zero-order valence-electron chi connectivity index (χ0n) is 14.4. The molecule has 0 aliphatic carbocycles. The molecule has 2 saturated heterocycles. The smallest absolute Gasteiger partial charge is 0.119 e. The van der Waals surface area contributed by atoms with Crippen molar-refractivity contribution in [2.75, 3.05) is 46.0 Å². The second-order valence-electron chi connectivity index (χ2n) is 6.19. The van der Waals surface area contributed by atoms with E-state index in [9.17, 15) is 0 Å². The molecule has 2 fully saturated rings. The van der Waals surface area contributed by atoms with Crippen molar-refractivity contribution in [1.29, 1.82) is 0 Å². The van der Waals surface area contributed by atoms with Crippen LogP contribution in [0.4, 0.5) is 0 Å². The van der Waals surface area contributed by atoms with Crippen molar-refractivity contribution < 1.29 is 9.47 Å². The molecule has 0 unspecified atom stereocenters. The zero-order valence-corrected chi connectivity index (χ0v) is 16.0. The van der Waals surface area contributed by atoms with Crippen LogP contribution in [0, 0.1) is 5.92 Å². The first kappa shape index (κ1) is 21.5. The van der Waals surface area contributed by atoms with Crippen molar-refractivity contribution in [3.63, 3.8) is 0 Å². The van der Waals surface area contributed by atoms with Crippen molar-refractivity contribution in [2.45, 2.75) is 25.8 Å². The Morgan fingerprint density at radius 3 is 2.58 bits per heavy atom. The van der Waals surface area contributed by atoms with Crippen LogP contribution in [0.5, 0.6) is 5.75 Å². The van der Waals surface area contributed by atoms with Gasteiger partial charge in [-0.15, -0.1) is 24.8 Å². The molecule has 24 heavy (non-hydrogen) atoms. The third-order valence-electron chi connectivity index (χ3n) is 4.77. The van der Waals surface area contributed by atoms with Gasteiger partial charge in [-0.3, -0.25) is 4.90 Å². The third kappa shape index (κ3) is 5.50. The lowest BCUT2D eigenvalue weighted by Gasteiger charge is -2.41. The van der Waals surface area contributed by atoms with Gasteiger partial charge in [-0.25, -0.2) is 0 Å². The van der Waals surface area contributed by atoms with Crippen molar-refractivity contribution in [3.05, 3.63) is 29.8 Å². The quantitative estimate of drug-likeness (QED) is 0.854. The maximum atomic E-state index is 5.72. The minimum absolute atomic E-state index is 0. The summed E-state index contributed by atoms with van der Waals surface area (Å²) < 4.78 is 11.3. The topological polar surface area (TPSA) is 33.7 Å². The molecular weight excluding hydrogens is 347 g/mol. The number of nitrogens with zero attached hydrogens (tertiary/aromatic N) is 1. The van der Waals surface area contributed by atoms with Gasteiger partial charge < -0.3 is 14.8 Å². The van der Waals surface area contributed by atoms with Gasteiger partial charge in [0.05, 0.1) is 6.61 Å². The summed E-state index contributed by atoms with van der Waals surface area (Å²) in [4.78, 5) is 2.65. The maximum Gasteiger partial charge on any atom is 0.119 e. The fourth-order valence-corrected chi connectivity index (χ4v) is 3.73. The minimum atomic E-state index is 0. The molecule has 1 aromatic carbocycles. The van der Waals surface area contributed by atoms with Gasteiger partial charge in [0.2, 0.25) is 0 Å². The number of hydrogen-bond donors (Lipinski definition) is 1. The lowest BCUT2D eigenvalue weighted by molar-refractivity contribution is 0.0212. The second-order valence-corrected chi connectivity index (χ2v) is 6.19. The molecule has 4 nitrogen and oxygen atoms in total. The van der Waals surface area contributed by atoms with Crippen LogP contribution in [0.3, 0.4) is 0 Å². The van der Waals surface area contributed by atoms with Gasteiger partial charge in [0.1, 0.15) is 5.75 Å². The summed E-state index contributed by atoms with van der Waals surface area (Å²) >= 11 is 0. The van der Waals surface area contributed by atoms with E-state index in [1.54, 1.807) is 0 Å². The predicted molar refractivity (Wildman–Crippen MR) is 103 cm³/mol. The number of ether oxygens (including phenoxy) is 2. The van der Waals surface area contributed by atoms with E-state index < -0.39 is 0 Å². The molecule has 1 atom stereocenters. The molecule has 0 bridgehead atoms. The SMILES string of the molecule is CCOc1cccc([C@H](C2CCOCC2)N2CCNCC2)c1.Cl.Cl. The van der Waals surface area contributed by atoms with Crippen LogP contribution < -0.4 is 10.1 Å². The number of benzene rings is 1. The van der Waals surface area contributed by atoms with Gasteiger partial charge >= 0.3 is 0 Å². The van der Waals surface area contributed by atoms with Crippen molar-refractivity contribution in [2.24, 2.45) is 5.92 Å². The first-order valence-corrected chi connectivity index (χ1v) is 8.63. The Morgan fingerprint density at radius 2 is 1.92 bits per heavy atom. The third-order valence-corrected chi connectivity index (χ3v) is 4.77. The van der Waals surface area contributed by atoms with E-state index in [0.29, 0.717) is 12.0 Å². The largest absolute Gasteiger partial charge is 0.494 e. The number of nitrogens with one attached hydrogen (secondary N) is 1. The Bertz CT molecular complexity index is 446.